The summed E-state index contributed by atoms with van der Waals surface area (Å²) in [6.07, 6.45) is 0.833. The Morgan fingerprint density at radius 2 is 1.90 bits per heavy atom. The standard InChI is InChI=1S/C8H19NO/c1-8(2,3)7(9-4)5-6-10/h7,9-10H,5-6H2,1-4H3. The van der Waals surface area contributed by atoms with Gasteiger partial charge in [0.2, 0.25) is 0 Å². The second kappa shape index (κ2) is 3.94. The highest BCUT2D eigenvalue weighted by atomic mass is 16.3. The van der Waals surface area contributed by atoms with Crippen molar-refractivity contribution in [3.63, 3.8) is 0 Å². The molecule has 0 aliphatic rings. The molecule has 0 amide bonds. The van der Waals surface area contributed by atoms with Gasteiger partial charge in [0, 0.05) is 12.6 Å². The Bertz CT molecular complexity index is 85.7. The van der Waals surface area contributed by atoms with Crippen LogP contribution in [-0.4, -0.2) is 24.8 Å². The van der Waals surface area contributed by atoms with Gasteiger partial charge in [-0.1, -0.05) is 20.8 Å². The van der Waals surface area contributed by atoms with Gasteiger partial charge in [0.15, 0.2) is 0 Å². The van der Waals surface area contributed by atoms with Gasteiger partial charge >= 0.3 is 0 Å². The lowest BCUT2D eigenvalue weighted by Gasteiger charge is -2.29. The van der Waals surface area contributed by atoms with Crippen molar-refractivity contribution in [2.24, 2.45) is 5.41 Å². The molecule has 1 atom stereocenters. The second-order valence-corrected chi connectivity index (χ2v) is 3.72. The molecule has 0 saturated carbocycles. The van der Waals surface area contributed by atoms with Crippen LogP contribution in [0.4, 0.5) is 0 Å². The molecule has 2 N–H and O–H groups in total. The lowest BCUT2D eigenvalue weighted by molar-refractivity contribution is 0.205. The van der Waals surface area contributed by atoms with E-state index < -0.39 is 0 Å². The second-order valence-electron chi connectivity index (χ2n) is 3.72. The maximum atomic E-state index is 8.69. The molecule has 0 heterocycles. The molecule has 0 bridgehead atoms. The van der Waals surface area contributed by atoms with Crippen molar-refractivity contribution in [2.75, 3.05) is 13.7 Å². The first-order chi connectivity index (χ1) is 4.52. The summed E-state index contributed by atoms with van der Waals surface area (Å²) < 4.78 is 0. The molecule has 0 spiro atoms. The van der Waals surface area contributed by atoms with E-state index in [0.717, 1.165) is 6.42 Å². The van der Waals surface area contributed by atoms with Crippen LogP contribution in [0.3, 0.4) is 0 Å². The van der Waals surface area contributed by atoms with E-state index in [2.05, 4.69) is 26.1 Å². The van der Waals surface area contributed by atoms with Crippen LogP contribution < -0.4 is 5.32 Å². The quantitative estimate of drug-likeness (QED) is 0.621. The van der Waals surface area contributed by atoms with E-state index in [-0.39, 0.29) is 12.0 Å². The van der Waals surface area contributed by atoms with Gasteiger partial charge in [0.1, 0.15) is 0 Å². The van der Waals surface area contributed by atoms with Gasteiger partial charge in [0.05, 0.1) is 0 Å². The molecular formula is C8H19NO. The molecular weight excluding hydrogens is 126 g/mol. The molecule has 0 aliphatic carbocycles. The lowest BCUT2D eigenvalue weighted by atomic mass is 9.85. The van der Waals surface area contributed by atoms with E-state index in [1.54, 1.807) is 0 Å². The first-order valence-electron chi connectivity index (χ1n) is 3.80. The van der Waals surface area contributed by atoms with Gasteiger partial charge in [0.25, 0.3) is 0 Å². The Balaban J connectivity index is 3.81. The molecule has 1 unspecified atom stereocenters. The van der Waals surface area contributed by atoms with Gasteiger partial charge < -0.3 is 10.4 Å². The van der Waals surface area contributed by atoms with Crippen LogP contribution in [0.2, 0.25) is 0 Å². The minimum Gasteiger partial charge on any atom is -0.396 e. The van der Waals surface area contributed by atoms with Crippen LogP contribution in [0.25, 0.3) is 0 Å². The average molecular weight is 145 g/mol. The van der Waals surface area contributed by atoms with Gasteiger partial charge in [-0.3, -0.25) is 0 Å². The first-order valence-corrected chi connectivity index (χ1v) is 3.80. The zero-order chi connectivity index (χ0) is 8.20. The molecule has 0 aromatic carbocycles. The highest BCUT2D eigenvalue weighted by Crippen LogP contribution is 2.20. The summed E-state index contributed by atoms with van der Waals surface area (Å²) in [6, 6.07) is 0.414. The number of aliphatic hydroxyl groups excluding tert-OH is 1. The number of rotatable bonds is 3. The van der Waals surface area contributed by atoms with Crippen molar-refractivity contribution in [1.82, 2.24) is 5.32 Å². The summed E-state index contributed by atoms with van der Waals surface area (Å²) in [6.45, 7) is 6.78. The minimum atomic E-state index is 0.248. The van der Waals surface area contributed by atoms with Crippen LogP contribution >= 0.6 is 0 Å². The Morgan fingerprint density at radius 3 is 2.00 bits per heavy atom. The Labute approximate surface area is 63.6 Å². The number of hydrogen-bond acceptors (Lipinski definition) is 2. The zero-order valence-corrected chi connectivity index (χ0v) is 7.44. The fourth-order valence-corrected chi connectivity index (χ4v) is 1.14. The molecule has 0 aromatic heterocycles. The summed E-state index contributed by atoms with van der Waals surface area (Å²) in [5, 5.41) is 11.9. The molecule has 0 aromatic rings. The molecule has 2 nitrogen and oxygen atoms in total. The lowest BCUT2D eigenvalue weighted by Crippen LogP contribution is -2.38. The van der Waals surface area contributed by atoms with Crippen molar-refractivity contribution < 1.29 is 5.11 Å². The third-order valence-corrected chi connectivity index (χ3v) is 1.81. The number of aliphatic hydroxyl groups is 1. The topological polar surface area (TPSA) is 32.3 Å². The van der Waals surface area contributed by atoms with E-state index in [4.69, 9.17) is 5.11 Å². The fourth-order valence-electron chi connectivity index (χ4n) is 1.14. The molecule has 62 valence electrons. The molecule has 0 radical (unpaired) electrons. The smallest absolute Gasteiger partial charge is 0.0446 e. The summed E-state index contributed by atoms with van der Waals surface area (Å²) >= 11 is 0. The van der Waals surface area contributed by atoms with Gasteiger partial charge in [-0.25, -0.2) is 0 Å². The monoisotopic (exact) mass is 145 g/mol. The average Bonchev–Trinajstić information content (AvgIpc) is 1.80. The van der Waals surface area contributed by atoms with Gasteiger partial charge in [-0.05, 0) is 18.9 Å². The zero-order valence-electron chi connectivity index (χ0n) is 7.44. The van der Waals surface area contributed by atoms with Gasteiger partial charge in [-0.15, -0.1) is 0 Å². The van der Waals surface area contributed by atoms with E-state index in [9.17, 15) is 0 Å². The summed E-state index contributed by atoms with van der Waals surface area (Å²) in [5.41, 5.74) is 0.248. The number of hydrogen-bond donors (Lipinski definition) is 2. The largest absolute Gasteiger partial charge is 0.396 e. The van der Waals surface area contributed by atoms with Crippen LogP contribution in [0.15, 0.2) is 0 Å². The molecule has 0 saturated heterocycles. The minimum absolute atomic E-state index is 0.248. The maximum absolute atomic E-state index is 8.69. The molecule has 0 rings (SSSR count). The number of nitrogens with one attached hydrogen (secondary N) is 1. The predicted octanol–water partition coefficient (Wildman–Crippen LogP) is 1.00. The highest BCUT2D eigenvalue weighted by molar-refractivity contribution is 4.78. The molecule has 10 heavy (non-hydrogen) atoms. The van der Waals surface area contributed by atoms with Crippen LogP contribution in [-0.2, 0) is 0 Å². The predicted molar refractivity (Wildman–Crippen MR) is 44.0 cm³/mol. The van der Waals surface area contributed by atoms with Crippen molar-refractivity contribution in [1.29, 1.82) is 0 Å². The normalized spacial score (nSPS) is 15.3. The molecule has 0 fully saturated rings. The van der Waals surface area contributed by atoms with E-state index in [1.165, 1.54) is 0 Å². The Hall–Kier alpha value is -0.0800. The fraction of sp³-hybridized carbons (Fsp3) is 1.00. The van der Waals surface area contributed by atoms with E-state index >= 15 is 0 Å². The highest BCUT2D eigenvalue weighted by Gasteiger charge is 2.21. The van der Waals surface area contributed by atoms with Crippen molar-refractivity contribution in [3.05, 3.63) is 0 Å². The summed E-state index contributed by atoms with van der Waals surface area (Å²) in [4.78, 5) is 0. The van der Waals surface area contributed by atoms with E-state index in [1.807, 2.05) is 7.05 Å². The Morgan fingerprint density at radius 1 is 1.40 bits per heavy atom. The maximum Gasteiger partial charge on any atom is 0.0446 e. The summed E-state index contributed by atoms with van der Waals surface area (Å²) in [5.74, 6) is 0. The van der Waals surface area contributed by atoms with Crippen LogP contribution in [0.1, 0.15) is 27.2 Å². The van der Waals surface area contributed by atoms with E-state index in [0.29, 0.717) is 6.04 Å². The van der Waals surface area contributed by atoms with Crippen LogP contribution in [0.5, 0.6) is 0 Å². The van der Waals surface area contributed by atoms with Crippen LogP contribution in [0, 0.1) is 5.41 Å². The van der Waals surface area contributed by atoms with Crippen molar-refractivity contribution in [2.45, 2.75) is 33.2 Å². The molecule has 0 aliphatic heterocycles. The summed E-state index contributed by atoms with van der Waals surface area (Å²) in [7, 11) is 1.94. The van der Waals surface area contributed by atoms with Crippen molar-refractivity contribution >= 4 is 0 Å². The SMILES string of the molecule is CNC(CCO)C(C)(C)C. The van der Waals surface area contributed by atoms with Gasteiger partial charge in [-0.2, -0.15) is 0 Å². The molecule has 2 heteroatoms. The third kappa shape index (κ3) is 3.18. The first kappa shape index (κ1) is 9.92. The van der Waals surface area contributed by atoms with Crippen molar-refractivity contribution in [3.8, 4) is 0 Å². The third-order valence-electron chi connectivity index (χ3n) is 1.81. The Kier molecular flexibility index (Phi) is 3.91.